The molecule has 0 spiro atoms. The Balaban J connectivity index is 2.24. The molecule has 0 aliphatic heterocycles. The van der Waals surface area contributed by atoms with Crippen LogP contribution in [-0.4, -0.2) is 15.0 Å². The molecule has 0 radical (unpaired) electrons. The van der Waals surface area contributed by atoms with Crippen molar-refractivity contribution in [2.24, 2.45) is 0 Å². The fraction of sp³-hybridized carbons (Fsp3) is 0.100. The lowest BCUT2D eigenvalue weighted by Gasteiger charge is -2.04. The number of hydrogen-bond acceptors (Lipinski definition) is 4. The van der Waals surface area contributed by atoms with Gasteiger partial charge in [0.2, 0.25) is 5.88 Å². The first-order valence-corrected chi connectivity index (χ1v) is 4.22. The van der Waals surface area contributed by atoms with Crippen LogP contribution in [0.1, 0.15) is 5.69 Å². The molecule has 0 unspecified atom stereocenters. The van der Waals surface area contributed by atoms with Crippen LogP contribution >= 0.6 is 0 Å². The minimum absolute atomic E-state index is 0.476. The molecule has 2 heterocycles. The van der Waals surface area contributed by atoms with Crippen LogP contribution < -0.4 is 4.74 Å². The summed E-state index contributed by atoms with van der Waals surface area (Å²) >= 11 is 0. The summed E-state index contributed by atoms with van der Waals surface area (Å²) in [7, 11) is 0. The predicted molar refractivity (Wildman–Crippen MR) is 51.1 cm³/mol. The van der Waals surface area contributed by atoms with Crippen molar-refractivity contribution < 1.29 is 4.74 Å². The Morgan fingerprint density at radius 3 is 2.79 bits per heavy atom. The fourth-order valence-corrected chi connectivity index (χ4v) is 1.03. The highest BCUT2D eigenvalue weighted by Crippen LogP contribution is 2.19. The molecule has 4 nitrogen and oxygen atoms in total. The highest BCUT2D eigenvalue weighted by molar-refractivity contribution is 5.28. The molecule has 0 saturated heterocycles. The van der Waals surface area contributed by atoms with Crippen LogP contribution in [0.5, 0.6) is 11.6 Å². The van der Waals surface area contributed by atoms with Crippen LogP contribution in [0.2, 0.25) is 0 Å². The highest BCUT2D eigenvalue weighted by atomic mass is 16.5. The zero-order valence-corrected chi connectivity index (χ0v) is 7.71. The van der Waals surface area contributed by atoms with Crippen molar-refractivity contribution in [1.82, 2.24) is 15.0 Å². The van der Waals surface area contributed by atoms with E-state index in [2.05, 4.69) is 15.0 Å². The van der Waals surface area contributed by atoms with E-state index >= 15 is 0 Å². The van der Waals surface area contributed by atoms with E-state index < -0.39 is 0 Å². The molecule has 0 aliphatic carbocycles. The lowest BCUT2D eigenvalue weighted by atomic mass is 10.3. The predicted octanol–water partition coefficient (Wildman–Crippen LogP) is 1.97. The number of hydrogen-bond donors (Lipinski definition) is 0. The molecule has 0 N–H and O–H groups in total. The summed E-state index contributed by atoms with van der Waals surface area (Å²) in [5, 5.41) is 0. The van der Waals surface area contributed by atoms with Gasteiger partial charge in [-0.1, -0.05) is 0 Å². The van der Waals surface area contributed by atoms with Gasteiger partial charge in [0, 0.05) is 18.6 Å². The van der Waals surface area contributed by atoms with E-state index in [9.17, 15) is 0 Å². The third kappa shape index (κ3) is 1.85. The normalized spacial score (nSPS) is 9.79. The van der Waals surface area contributed by atoms with Crippen LogP contribution in [0.15, 0.2) is 36.9 Å². The summed E-state index contributed by atoms with van der Waals surface area (Å²) in [5.41, 5.74) is 0.832. The number of aryl methyl sites for hydroxylation is 1. The highest BCUT2D eigenvalue weighted by Gasteiger charge is 2.01. The van der Waals surface area contributed by atoms with Crippen LogP contribution in [0.3, 0.4) is 0 Å². The average molecular weight is 187 g/mol. The molecule has 0 saturated carbocycles. The van der Waals surface area contributed by atoms with Crippen molar-refractivity contribution in [3.8, 4) is 11.6 Å². The van der Waals surface area contributed by atoms with Gasteiger partial charge in [0.05, 0.1) is 11.9 Å². The first-order valence-electron chi connectivity index (χ1n) is 4.22. The summed E-state index contributed by atoms with van der Waals surface area (Å²) in [6.07, 6.45) is 6.47. The van der Waals surface area contributed by atoms with Gasteiger partial charge < -0.3 is 4.74 Å². The molecule has 14 heavy (non-hydrogen) atoms. The molecule has 2 aromatic heterocycles. The standard InChI is InChI=1S/C10H9N3O/c1-8-9(3-2-4-12-8)14-10-7-11-5-6-13-10/h2-7H,1H3. The lowest BCUT2D eigenvalue weighted by Crippen LogP contribution is -1.91. The van der Waals surface area contributed by atoms with Gasteiger partial charge in [0.1, 0.15) is 0 Å². The van der Waals surface area contributed by atoms with E-state index in [1.165, 1.54) is 0 Å². The second kappa shape index (κ2) is 3.83. The molecule has 0 bridgehead atoms. The van der Waals surface area contributed by atoms with Crippen LogP contribution in [0.4, 0.5) is 0 Å². The summed E-state index contributed by atoms with van der Waals surface area (Å²) in [6.45, 7) is 1.88. The van der Waals surface area contributed by atoms with Gasteiger partial charge in [0.15, 0.2) is 5.75 Å². The quantitative estimate of drug-likeness (QED) is 0.721. The van der Waals surface area contributed by atoms with Crippen molar-refractivity contribution in [1.29, 1.82) is 0 Å². The van der Waals surface area contributed by atoms with E-state index in [1.807, 2.05) is 19.1 Å². The van der Waals surface area contributed by atoms with Gasteiger partial charge in [-0.2, -0.15) is 0 Å². The van der Waals surface area contributed by atoms with Gasteiger partial charge in [-0.25, -0.2) is 4.98 Å². The molecule has 70 valence electrons. The second-order valence-corrected chi connectivity index (χ2v) is 2.73. The Bertz CT molecular complexity index is 417. The van der Waals surface area contributed by atoms with Crippen LogP contribution in [0.25, 0.3) is 0 Å². The zero-order valence-electron chi connectivity index (χ0n) is 7.71. The Morgan fingerprint density at radius 1 is 1.14 bits per heavy atom. The monoisotopic (exact) mass is 187 g/mol. The van der Waals surface area contributed by atoms with Crippen molar-refractivity contribution in [2.75, 3.05) is 0 Å². The van der Waals surface area contributed by atoms with E-state index in [0.717, 1.165) is 5.69 Å². The number of rotatable bonds is 2. The minimum Gasteiger partial charge on any atom is -0.436 e. The number of nitrogens with zero attached hydrogens (tertiary/aromatic N) is 3. The van der Waals surface area contributed by atoms with Crippen molar-refractivity contribution >= 4 is 0 Å². The Labute approximate surface area is 81.6 Å². The van der Waals surface area contributed by atoms with Gasteiger partial charge in [0.25, 0.3) is 0 Å². The number of ether oxygens (including phenoxy) is 1. The first-order chi connectivity index (χ1) is 6.86. The second-order valence-electron chi connectivity index (χ2n) is 2.73. The average Bonchev–Trinajstić information content (AvgIpc) is 2.23. The largest absolute Gasteiger partial charge is 0.436 e. The summed E-state index contributed by atoms with van der Waals surface area (Å²) < 4.78 is 5.47. The van der Waals surface area contributed by atoms with Gasteiger partial charge >= 0.3 is 0 Å². The smallest absolute Gasteiger partial charge is 0.237 e. The Hall–Kier alpha value is -1.97. The van der Waals surface area contributed by atoms with Crippen molar-refractivity contribution in [2.45, 2.75) is 6.92 Å². The van der Waals surface area contributed by atoms with Crippen LogP contribution in [-0.2, 0) is 0 Å². The molecule has 0 atom stereocenters. The summed E-state index contributed by atoms with van der Waals surface area (Å²) in [6, 6.07) is 3.66. The number of pyridine rings is 1. The fourth-order valence-electron chi connectivity index (χ4n) is 1.03. The van der Waals surface area contributed by atoms with E-state index in [1.54, 1.807) is 24.8 Å². The molecule has 2 rings (SSSR count). The lowest BCUT2D eigenvalue weighted by molar-refractivity contribution is 0.454. The molecule has 0 fully saturated rings. The van der Waals surface area contributed by atoms with Crippen molar-refractivity contribution in [3.05, 3.63) is 42.6 Å². The maximum absolute atomic E-state index is 5.47. The molecule has 0 aliphatic rings. The molecular weight excluding hydrogens is 178 g/mol. The Kier molecular flexibility index (Phi) is 2.36. The van der Waals surface area contributed by atoms with Gasteiger partial charge in [-0.3, -0.25) is 9.97 Å². The molecule has 0 amide bonds. The zero-order chi connectivity index (χ0) is 9.80. The first kappa shape index (κ1) is 8.62. The summed E-state index contributed by atoms with van der Waals surface area (Å²) in [5.74, 6) is 1.18. The van der Waals surface area contributed by atoms with Gasteiger partial charge in [-0.15, -0.1) is 0 Å². The summed E-state index contributed by atoms with van der Waals surface area (Å²) in [4.78, 5) is 12.0. The van der Waals surface area contributed by atoms with Crippen molar-refractivity contribution in [3.63, 3.8) is 0 Å². The van der Waals surface area contributed by atoms with E-state index in [4.69, 9.17) is 4.74 Å². The molecule has 2 aromatic rings. The van der Waals surface area contributed by atoms with E-state index in [0.29, 0.717) is 11.6 Å². The third-order valence-corrected chi connectivity index (χ3v) is 1.71. The number of aromatic nitrogens is 3. The van der Waals surface area contributed by atoms with Gasteiger partial charge in [-0.05, 0) is 19.1 Å². The molecule has 4 heteroatoms. The SMILES string of the molecule is Cc1ncccc1Oc1cnccn1. The van der Waals surface area contributed by atoms with E-state index in [-0.39, 0.29) is 0 Å². The minimum atomic E-state index is 0.476. The topological polar surface area (TPSA) is 47.9 Å². The Morgan fingerprint density at radius 2 is 2.07 bits per heavy atom. The maximum Gasteiger partial charge on any atom is 0.237 e. The maximum atomic E-state index is 5.47. The molecular formula is C10H9N3O. The third-order valence-electron chi connectivity index (χ3n) is 1.71. The van der Waals surface area contributed by atoms with Crippen LogP contribution in [0, 0.1) is 6.92 Å². The molecule has 0 aromatic carbocycles.